The number of aliphatic imine (C=N–C) groups is 1. The number of hydrogen-bond acceptors (Lipinski definition) is 5. The standard InChI is InChI=1S/C21H30N4O4/c1-6-8-9-15(19(27)28)23-18(26)14-10-13(7-2)11-22-16(14)17-24-20(29)21(5,25-17)12(3)4/h10-12,15H,6-9H2,1-5H3,(H,23,26)(H,27,28)(H,24,25,29). The first-order valence-corrected chi connectivity index (χ1v) is 10.1. The van der Waals surface area contributed by atoms with Crippen LogP contribution >= 0.6 is 0 Å². The molecule has 8 nitrogen and oxygen atoms in total. The van der Waals surface area contributed by atoms with E-state index in [0.717, 1.165) is 12.0 Å². The van der Waals surface area contributed by atoms with Crippen molar-refractivity contribution >= 4 is 23.6 Å². The third-order valence-corrected chi connectivity index (χ3v) is 5.43. The van der Waals surface area contributed by atoms with Crippen molar-refractivity contribution in [3.63, 3.8) is 0 Å². The lowest BCUT2D eigenvalue weighted by atomic mass is 9.89. The molecule has 0 radical (unpaired) electrons. The molecule has 158 valence electrons. The SMILES string of the molecule is CCCCC(NC(=O)c1cc(CC)cnc1C1=NC(C)(C(C)C)C(=O)N1)C(=O)O. The number of pyridine rings is 1. The molecule has 2 atom stereocenters. The largest absolute Gasteiger partial charge is 0.480 e. The highest BCUT2D eigenvalue weighted by atomic mass is 16.4. The van der Waals surface area contributed by atoms with Crippen LogP contribution in [0.5, 0.6) is 0 Å². The number of carboxylic acid groups (broad SMARTS) is 1. The van der Waals surface area contributed by atoms with E-state index in [1.165, 1.54) is 0 Å². The quantitative estimate of drug-likeness (QED) is 0.585. The van der Waals surface area contributed by atoms with Crippen molar-refractivity contribution in [1.82, 2.24) is 15.6 Å². The lowest BCUT2D eigenvalue weighted by Crippen LogP contribution is -2.42. The summed E-state index contributed by atoms with van der Waals surface area (Å²) in [5.74, 6) is -1.67. The van der Waals surface area contributed by atoms with Gasteiger partial charge in [-0.05, 0) is 37.3 Å². The molecule has 0 saturated carbocycles. The lowest BCUT2D eigenvalue weighted by molar-refractivity contribution is -0.139. The molecule has 3 N–H and O–H groups in total. The van der Waals surface area contributed by atoms with Crippen LogP contribution in [0, 0.1) is 5.92 Å². The van der Waals surface area contributed by atoms with Gasteiger partial charge in [0.05, 0.1) is 5.56 Å². The van der Waals surface area contributed by atoms with Crippen LogP contribution < -0.4 is 10.6 Å². The first kappa shape index (κ1) is 22.5. The molecule has 0 bridgehead atoms. The second-order valence-electron chi connectivity index (χ2n) is 7.82. The number of aliphatic carboxylic acids is 1. The Morgan fingerprint density at radius 1 is 1.31 bits per heavy atom. The Hall–Kier alpha value is -2.77. The minimum atomic E-state index is -1.08. The van der Waals surface area contributed by atoms with Crippen molar-refractivity contribution in [1.29, 1.82) is 0 Å². The van der Waals surface area contributed by atoms with E-state index < -0.39 is 23.5 Å². The summed E-state index contributed by atoms with van der Waals surface area (Å²) in [6.45, 7) is 9.44. The van der Waals surface area contributed by atoms with Gasteiger partial charge in [0.15, 0.2) is 5.84 Å². The van der Waals surface area contributed by atoms with Crippen LogP contribution in [-0.2, 0) is 16.0 Å². The van der Waals surface area contributed by atoms with E-state index in [4.69, 9.17) is 0 Å². The summed E-state index contributed by atoms with van der Waals surface area (Å²) in [6.07, 6.45) is 4.16. The molecule has 2 heterocycles. The Bertz CT molecular complexity index is 834. The molecule has 8 heteroatoms. The molecule has 0 fully saturated rings. The number of aromatic nitrogens is 1. The van der Waals surface area contributed by atoms with Crippen LogP contribution in [-0.4, -0.2) is 45.3 Å². The molecule has 0 aromatic carbocycles. The summed E-state index contributed by atoms with van der Waals surface area (Å²) < 4.78 is 0. The Morgan fingerprint density at radius 3 is 2.52 bits per heavy atom. The number of hydrogen-bond donors (Lipinski definition) is 3. The highest BCUT2D eigenvalue weighted by Crippen LogP contribution is 2.27. The molecular formula is C21H30N4O4. The zero-order chi connectivity index (χ0) is 21.8. The summed E-state index contributed by atoms with van der Waals surface area (Å²) in [6, 6.07) is 0.692. The minimum absolute atomic E-state index is 0.0439. The number of rotatable bonds is 9. The number of carboxylic acids is 1. The summed E-state index contributed by atoms with van der Waals surface area (Å²) >= 11 is 0. The monoisotopic (exact) mass is 402 g/mol. The molecular weight excluding hydrogens is 372 g/mol. The lowest BCUT2D eigenvalue weighted by Gasteiger charge is -2.21. The molecule has 1 aliphatic rings. The second kappa shape index (κ2) is 9.15. The summed E-state index contributed by atoms with van der Waals surface area (Å²) in [7, 11) is 0. The van der Waals surface area contributed by atoms with Crippen molar-refractivity contribution in [2.24, 2.45) is 10.9 Å². The van der Waals surface area contributed by atoms with Crippen molar-refractivity contribution in [3.05, 3.63) is 29.1 Å². The summed E-state index contributed by atoms with van der Waals surface area (Å²) in [5, 5.41) is 14.8. The number of aryl methyl sites for hydroxylation is 1. The second-order valence-corrected chi connectivity index (χ2v) is 7.82. The summed E-state index contributed by atoms with van der Waals surface area (Å²) in [4.78, 5) is 45.9. The van der Waals surface area contributed by atoms with Gasteiger partial charge in [0.25, 0.3) is 11.8 Å². The van der Waals surface area contributed by atoms with E-state index in [1.807, 2.05) is 27.7 Å². The fraction of sp³-hybridized carbons (Fsp3) is 0.571. The zero-order valence-electron chi connectivity index (χ0n) is 17.7. The smallest absolute Gasteiger partial charge is 0.326 e. The van der Waals surface area contributed by atoms with Gasteiger partial charge in [0, 0.05) is 6.20 Å². The number of nitrogens with zero attached hydrogens (tertiary/aromatic N) is 2. The molecule has 0 saturated heterocycles. The van der Waals surface area contributed by atoms with Gasteiger partial charge >= 0.3 is 5.97 Å². The predicted octanol–water partition coefficient (Wildman–Crippen LogP) is 2.31. The molecule has 1 aromatic rings. The van der Waals surface area contributed by atoms with Gasteiger partial charge in [0.1, 0.15) is 17.3 Å². The molecule has 1 aromatic heterocycles. The molecule has 2 rings (SSSR count). The summed E-state index contributed by atoms with van der Waals surface area (Å²) in [5.41, 5.74) is 0.339. The minimum Gasteiger partial charge on any atom is -0.480 e. The van der Waals surface area contributed by atoms with Gasteiger partial charge < -0.3 is 15.7 Å². The van der Waals surface area contributed by atoms with Gasteiger partial charge in [-0.1, -0.05) is 40.5 Å². The van der Waals surface area contributed by atoms with Crippen molar-refractivity contribution in [2.45, 2.75) is 71.9 Å². The van der Waals surface area contributed by atoms with Crippen molar-refractivity contribution < 1.29 is 19.5 Å². The number of amides is 2. The van der Waals surface area contributed by atoms with Gasteiger partial charge in [-0.25, -0.2) is 9.79 Å². The van der Waals surface area contributed by atoms with Gasteiger partial charge in [-0.2, -0.15) is 0 Å². The number of amidine groups is 1. The van der Waals surface area contributed by atoms with Crippen LogP contribution in [0.4, 0.5) is 0 Å². The Labute approximate surface area is 171 Å². The maximum absolute atomic E-state index is 13.0. The molecule has 29 heavy (non-hydrogen) atoms. The van der Waals surface area contributed by atoms with E-state index in [0.29, 0.717) is 19.3 Å². The van der Waals surface area contributed by atoms with Crippen LogP contribution in [0.15, 0.2) is 17.3 Å². The van der Waals surface area contributed by atoms with E-state index in [1.54, 1.807) is 19.2 Å². The molecule has 1 aliphatic heterocycles. The maximum Gasteiger partial charge on any atom is 0.326 e. The number of nitrogens with one attached hydrogen (secondary N) is 2. The van der Waals surface area contributed by atoms with E-state index in [-0.39, 0.29) is 28.9 Å². The van der Waals surface area contributed by atoms with Crippen LogP contribution in [0.2, 0.25) is 0 Å². The van der Waals surface area contributed by atoms with E-state index in [9.17, 15) is 19.5 Å². The van der Waals surface area contributed by atoms with Crippen LogP contribution in [0.25, 0.3) is 0 Å². The fourth-order valence-corrected chi connectivity index (χ4v) is 3.01. The van der Waals surface area contributed by atoms with Crippen LogP contribution in [0.3, 0.4) is 0 Å². The average molecular weight is 402 g/mol. The molecule has 0 spiro atoms. The highest BCUT2D eigenvalue weighted by Gasteiger charge is 2.43. The number of unbranched alkanes of at least 4 members (excludes halogenated alkanes) is 1. The fourth-order valence-electron chi connectivity index (χ4n) is 3.01. The molecule has 2 amide bonds. The Morgan fingerprint density at radius 2 is 2.00 bits per heavy atom. The topological polar surface area (TPSA) is 121 Å². The van der Waals surface area contributed by atoms with Crippen molar-refractivity contribution in [3.8, 4) is 0 Å². The predicted molar refractivity (Wildman–Crippen MR) is 110 cm³/mol. The number of carbonyl (C=O) groups is 3. The highest BCUT2D eigenvalue weighted by molar-refractivity contribution is 6.18. The van der Waals surface area contributed by atoms with E-state index in [2.05, 4.69) is 20.6 Å². The van der Waals surface area contributed by atoms with Gasteiger partial charge in [-0.3, -0.25) is 14.6 Å². The Kier molecular flexibility index (Phi) is 7.11. The maximum atomic E-state index is 13.0. The van der Waals surface area contributed by atoms with Crippen LogP contribution in [0.1, 0.15) is 75.5 Å². The first-order chi connectivity index (χ1) is 13.6. The van der Waals surface area contributed by atoms with Gasteiger partial charge in [-0.15, -0.1) is 0 Å². The average Bonchev–Trinajstić information content (AvgIpc) is 3.00. The molecule has 2 unspecified atom stereocenters. The normalized spacial score (nSPS) is 19.7. The zero-order valence-corrected chi connectivity index (χ0v) is 17.7. The Balaban J connectivity index is 2.43. The van der Waals surface area contributed by atoms with Gasteiger partial charge in [0.2, 0.25) is 0 Å². The molecule has 0 aliphatic carbocycles. The van der Waals surface area contributed by atoms with E-state index >= 15 is 0 Å². The first-order valence-electron chi connectivity index (χ1n) is 10.1. The van der Waals surface area contributed by atoms with Crippen molar-refractivity contribution in [2.75, 3.05) is 0 Å². The third kappa shape index (κ3) is 4.81. The third-order valence-electron chi connectivity index (χ3n) is 5.43. The number of carbonyl (C=O) groups excluding carboxylic acids is 2.